The normalized spacial score (nSPS) is 21.3. The number of fused-ring (bicyclic) bond motifs is 1. The molecule has 2 aromatic carbocycles. The van der Waals surface area contributed by atoms with Gasteiger partial charge in [0.2, 0.25) is 0 Å². The summed E-state index contributed by atoms with van der Waals surface area (Å²) >= 11 is 0. The Balaban J connectivity index is 0.00000161. The monoisotopic (exact) mass is 301 g/mol. The van der Waals surface area contributed by atoms with E-state index in [0.29, 0.717) is 12.0 Å². The lowest BCUT2D eigenvalue weighted by molar-refractivity contribution is 0.262. The first kappa shape index (κ1) is 16.1. The van der Waals surface area contributed by atoms with Gasteiger partial charge in [0, 0.05) is 12.0 Å². The zero-order valence-electron chi connectivity index (χ0n) is 12.8. The maximum atomic E-state index is 2.39. The van der Waals surface area contributed by atoms with Gasteiger partial charge in [-0.3, -0.25) is 0 Å². The molecule has 21 heavy (non-hydrogen) atoms. The van der Waals surface area contributed by atoms with Gasteiger partial charge in [-0.2, -0.15) is 0 Å². The Labute approximate surface area is 134 Å². The molecule has 2 aromatic rings. The minimum absolute atomic E-state index is 0. The molecule has 0 fully saturated rings. The third-order valence-electron chi connectivity index (χ3n) is 4.62. The van der Waals surface area contributed by atoms with Crippen LogP contribution in [0.25, 0.3) is 0 Å². The molecular formula is C19H24ClN. The average Bonchev–Trinajstić information content (AvgIpc) is 2.68. The number of rotatable bonds is 2. The SMILES string of the molecule is CN(C)C1CCc2ccccc2C(c2ccccc2)C1.Cl. The quantitative estimate of drug-likeness (QED) is 0.738. The fourth-order valence-electron chi connectivity index (χ4n) is 3.41. The molecule has 0 N–H and O–H groups in total. The maximum absolute atomic E-state index is 2.39. The molecule has 2 atom stereocenters. The van der Waals surface area contributed by atoms with Gasteiger partial charge in [0.1, 0.15) is 0 Å². The molecule has 0 aromatic heterocycles. The highest BCUT2D eigenvalue weighted by Gasteiger charge is 2.26. The molecule has 0 spiro atoms. The number of benzene rings is 2. The fourth-order valence-corrected chi connectivity index (χ4v) is 3.41. The number of hydrogen-bond donors (Lipinski definition) is 0. The summed E-state index contributed by atoms with van der Waals surface area (Å²) in [5.74, 6) is 0.530. The Hall–Kier alpha value is -1.31. The summed E-state index contributed by atoms with van der Waals surface area (Å²) in [5.41, 5.74) is 4.52. The van der Waals surface area contributed by atoms with Crippen LogP contribution in [0.15, 0.2) is 54.6 Å². The van der Waals surface area contributed by atoms with E-state index in [1.165, 1.54) is 36.0 Å². The summed E-state index contributed by atoms with van der Waals surface area (Å²) in [6, 6.07) is 20.6. The van der Waals surface area contributed by atoms with E-state index in [4.69, 9.17) is 0 Å². The van der Waals surface area contributed by atoms with E-state index in [1.807, 2.05) is 0 Å². The van der Waals surface area contributed by atoms with Crippen LogP contribution in [0, 0.1) is 0 Å². The second-order valence-electron chi connectivity index (χ2n) is 6.05. The van der Waals surface area contributed by atoms with Gasteiger partial charge in [-0.25, -0.2) is 0 Å². The van der Waals surface area contributed by atoms with Crippen LogP contribution in [0.5, 0.6) is 0 Å². The van der Waals surface area contributed by atoms with Gasteiger partial charge in [-0.05, 0) is 50.0 Å². The Morgan fingerprint density at radius 1 is 0.905 bits per heavy atom. The van der Waals surface area contributed by atoms with Crippen LogP contribution in [0.2, 0.25) is 0 Å². The summed E-state index contributed by atoms with van der Waals surface area (Å²) in [6.07, 6.45) is 3.67. The Morgan fingerprint density at radius 3 is 2.29 bits per heavy atom. The third kappa shape index (κ3) is 3.48. The smallest absolute Gasteiger partial charge is 0.0107 e. The zero-order valence-corrected chi connectivity index (χ0v) is 13.6. The van der Waals surface area contributed by atoms with Crippen LogP contribution in [0.3, 0.4) is 0 Å². The van der Waals surface area contributed by atoms with Crippen molar-refractivity contribution in [3.63, 3.8) is 0 Å². The first-order chi connectivity index (χ1) is 9.75. The van der Waals surface area contributed by atoms with E-state index >= 15 is 0 Å². The summed E-state index contributed by atoms with van der Waals surface area (Å²) in [6.45, 7) is 0. The predicted molar refractivity (Wildman–Crippen MR) is 92.4 cm³/mol. The topological polar surface area (TPSA) is 3.24 Å². The van der Waals surface area contributed by atoms with Crippen LogP contribution >= 0.6 is 12.4 Å². The van der Waals surface area contributed by atoms with Gasteiger partial charge in [-0.15, -0.1) is 12.4 Å². The second-order valence-corrected chi connectivity index (χ2v) is 6.05. The molecule has 0 heterocycles. The molecule has 0 aliphatic heterocycles. The van der Waals surface area contributed by atoms with Crippen molar-refractivity contribution in [2.45, 2.75) is 31.2 Å². The predicted octanol–water partition coefficient (Wildman–Crippen LogP) is 4.51. The third-order valence-corrected chi connectivity index (χ3v) is 4.62. The standard InChI is InChI=1S/C19H23N.ClH/c1-20(2)17-13-12-16-10-6-7-11-18(16)19(14-17)15-8-4-3-5-9-15;/h3-11,17,19H,12-14H2,1-2H3;1H. The highest BCUT2D eigenvalue weighted by Crippen LogP contribution is 2.36. The summed E-state index contributed by atoms with van der Waals surface area (Å²) in [5, 5.41) is 0. The number of hydrogen-bond acceptors (Lipinski definition) is 1. The summed E-state index contributed by atoms with van der Waals surface area (Å²) < 4.78 is 0. The van der Waals surface area contributed by atoms with E-state index < -0.39 is 0 Å². The molecule has 1 aliphatic rings. The van der Waals surface area contributed by atoms with Gasteiger partial charge in [0.05, 0.1) is 0 Å². The van der Waals surface area contributed by atoms with E-state index in [2.05, 4.69) is 73.6 Å². The number of nitrogens with zero attached hydrogens (tertiary/aromatic N) is 1. The van der Waals surface area contributed by atoms with Crippen molar-refractivity contribution >= 4 is 12.4 Å². The van der Waals surface area contributed by atoms with Crippen LogP contribution in [-0.2, 0) is 6.42 Å². The van der Waals surface area contributed by atoms with Crippen molar-refractivity contribution in [3.8, 4) is 0 Å². The van der Waals surface area contributed by atoms with E-state index in [1.54, 1.807) is 0 Å². The highest BCUT2D eigenvalue weighted by atomic mass is 35.5. The van der Waals surface area contributed by atoms with Gasteiger partial charge >= 0.3 is 0 Å². The highest BCUT2D eigenvalue weighted by molar-refractivity contribution is 5.85. The van der Waals surface area contributed by atoms with Crippen LogP contribution < -0.4 is 0 Å². The average molecular weight is 302 g/mol. The molecule has 0 saturated heterocycles. The number of aryl methyl sites for hydroxylation is 1. The first-order valence-corrected chi connectivity index (χ1v) is 7.55. The minimum atomic E-state index is 0. The minimum Gasteiger partial charge on any atom is -0.306 e. The molecule has 0 bridgehead atoms. The molecule has 3 rings (SSSR count). The Kier molecular flexibility index (Phi) is 5.44. The van der Waals surface area contributed by atoms with Crippen molar-refractivity contribution in [2.75, 3.05) is 14.1 Å². The maximum Gasteiger partial charge on any atom is 0.0107 e. The van der Waals surface area contributed by atoms with E-state index in [-0.39, 0.29) is 12.4 Å². The number of halogens is 1. The van der Waals surface area contributed by atoms with E-state index in [0.717, 1.165) is 0 Å². The lowest BCUT2D eigenvalue weighted by Gasteiger charge is -2.26. The van der Waals surface area contributed by atoms with Gasteiger partial charge in [0.25, 0.3) is 0 Å². The van der Waals surface area contributed by atoms with Crippen molar-refractivity contribution in [1.82, 2.24) is 4.90 Å². The van der Waals surface area contributed by atoms with E-state index in [9.17, 15) is 0 Å². The van der Waals surface area contributed by atoms with Crippen LogP contribution in [0.1, 0.15) is 35.4 Å². The summed E-state index contributed by atoms with van der Waals surface area (Å²) in [7, 11) is 4.42. The van der Waals surface area contributed by atoms with Gasteiger partial charge in [-0.1, -0.05) is 54.6 Å². The Morgan fingerprint density at radius 2 is 1.57 bits per heavy atom. The molecule has 2 unspecified atom stereocenters. The lowest BCUT2D eigenvalue weighted by atomic mass is 9.85. The van der Waals surface area contributed by atoms with Crippen LogP contribution in [0.4, 0.5) is 0 Å². The molecule has 112 valence electrons. The van der Waals surface area contributed by atoms with Crippen molar-refractivity contribution in [2.24, 2.45) is 0 Å². The molecule has 0 amide bonds. The lowest BCUT2D eigenvalue weighted by Crippen LogP contribution is -2.29. The zero-order chi connectivity index (χ0) is 13.9. The molecule has 1 aliphatic carbocycles. The van der Waals surface area contributed by atoms with Crippen molar-refractivity contribution in [3.05, 3.63) is 71.3 Å². The summed E-state index contributed by atoms with van der Waals surface area (Å²) in [4.78, 5) is 2.39. The van der Waals surface area contributed by atoms with Crippen molar-refractivity contribution < 1.29 is 0 Å². The molecule has 2 heteroatoms. The molecular weight excluding hydrogens is 278 g/mol. The van der Waals surface area contributed by atoms with Gasteiger partial charge in [0.15, 0.2) is 0 Å². The largest absolute Gasteiger partial charge is 0.306 e. The molecule has 0 radical (unpaired) electrons. The van der Waals surface area contributed by atoms with Gasteiger partial charge < -0.3 is 4.90 Å². The Bertz CT molecular complexity index is 565. The second kappa shape index (κ2) is 7.11. The molecule has 0 saturated carbocycles. The molecule has 1 nitrogen and oxygen atoms in total. The first-order valence-electron chi connectivity index (χ1n) is 7.55. The van der Waals surface area contributed by atoms with Crippen molar-refractivity contribution in [1.29, 1.82) is 0 Å². The fraction of sp³-hybridized carbons (Fsp3) is 0.368. The van der Waals surface area contributed by atoms with Crippen LogP contribution in [-0.4, -0.2) is 25.0 Å².